The smallest absolute Gasteiger partial charge is 0.225 e. The van der Waals surface area contributed by atoms with Crippen molar-refractivity contribution in [3.8, 4) is 0 Å². The van der Waals surface area contributed by atoms with Crippen LogP contribution < -0.4 is 5.32 Å². The first-order valence-electron chi connectivity index (χ1n) is 9.45. The Kier molecular flexibility index (Phi) is 5.69. The maximum atomic E-state index is 12.3. The van der Waals surface area contributed by atoms with E-state index in [2.05, 4.69) is 46.4 Å². The van der Waals surface area contributed by atoms with E-state index in [1.54, 1.807) is 0 Å². The molecule has 0 spiro atoms. The Labute approximate surface area is 150 Å². The summed E-state index contributed by atoms with van der Waals surface area (Å²) in [4.78, 5) is 18.9. The lowest BCUT2D eigenvalue weighted by molar-refractivity contribution is -0.136. The van der Waals surface area contributed by atoms with E-state index in [0.29, 0.717) is 12.0 Å². The maximum absolute atomic E-state index is 12.3. The number of carbonyl (C=O) groups excluding carboxylic acids is 1. The highest BCUT2D eigenvalue weighted by molar-refractivity contribution is 5.81. The molecule has 0 unspecified atom stereocenters. The van der Waals surface area contributed by atoms with Gasteiger partial charge in [-0.1, -0.05) is 51.5 Å². The molecule has 1 aliphatic heterocycles. The lowest BCUT2D eigenvalue weighted by Gasteiger charge is -2.39. The lowest BCUT2D eigenvalue weighted by Crippen LogP contribution is -2.51. The zero-order valence-corrected chi connectivity index (χ0v) is 15.5. The molecular formula is C21H29N3O. The van der Waals surface area contributed by atoms with Gasteiger partial charge in [0, 0.05) is 43.2 Å². The minimum atomic E-state index is 0.0868. The molecule has 1 aliphatic rings. The van der Waals surface area contributed by atoms with Crippen LogP contribution in [0.4, 0.5) is 0 Å². The number of likely N-dealkylation sites (tertiary alicyclic amines) is 1. The summed E-state index contributed by atoms with van der Waals surface area (Å²) < 4.78 is 0. The number of para-hydroxylation sites is 1. The summed E-state index contributed by atoms with van der Waals surface area (Å²) in [6.07, 6.45) is 3.97. The van der Waals surface area contributed by atoms with Crippen LogP contribution in [0.15, 0.2) is 36.5 Å². The fourth-order valence-electron chi connectivity index (χ4n) is 3.83. The third-order valence-corrected chi connectivity index (χ3v) is 5.33. The van der Waals surface area contributed by atoms with Gasteiger partial charge in [0.25, 0.3) is 0 Å². The summed E-state index contributed by atoms with van der Waals surface area (Å²) in [6, 6.07) is 10.9. The van der Waals surface area contributed by atoms with Crippen molar-refractivity contribution < 1.29 is 4.79 Å². The zero-order valence-electron chi connectivity index (χ0n) is 15.5. The Balaban J connectivity index is 1.66. The summed E-state index contributed by atoms with van der Waals surface area (Å²) in [5.41, 5.74) is 2.33. The second kappa shape index (κ2) is 7.96. The van der Waals surface area contributed by atoms with Crippen LogP contribution in [0.3, 0.4) is 0 Å². The van der Waals surface area contributed by atoms with Gasteiger partial charge in [-0.25, -0.2) is 0 Å². The number of nitrogens with zero attached hydrogens (tertiary/aromatic N) is 2. The molecule has 3 rings (SSSR count). The van der Waals surface area contributed by atoms with Crippen molar-refractivity contribution in [2.24, 2.45) is 11.8 Å². The predicted molar refractivity (Wildman–Crippen MR) is 102 cm³/mol. The molecule has 134 valence electrons. The van der Waals surface area contributed by atoms with Crippen molar-refractivity contribution in [2.75, 3.05) is 13.1 Å². The van der Waals surface area contributed by atoms with Gasteiger partial charge in [-0.3, -0.25) is 9.78 Å². The van der Waals surface area contributed by atoms with Crippen LogP contribution in [-0.2, 0) is 11.3 Å². The normalized spacial score (nSPS) is 21.0. The molecule has 2 atom stereocenters. The molecule has 1 fully saturated rings. The van der Waals surface area contributed by atoms with Gasteiger partial charge in [0.1, 0.15) is 0 Å². The van der Waals surface area contributed by atoms with Gasteiger partial charge in [-0.2, -0.15) is 0 Å². The molecule has 4 heteroatoms. The standard InChI is InChI=1S/C21H29N3O/c1-4-16-14-24(21(25)15(2)3)12-10-19(16)23-13-18-8-5-7-17-9-6-11-22-20(17)18/h5-9,11,15-16,19,23H,4,10,12-14H2,1-3H3/t16-,19-/m0/s1. The first-order valence-corrected chi connectivity index (χ1v) is 9.45. The third-order valence-electron chi connectivity index (χ3n) is 5.33. The van der Waals surface area contributed by atoms with E-state index >= 15 is 0 Å². The Morgan fingerprint density at radius 1 is 1.32 bits per heavy atom. The van der Waals surface area contributed by atoms with Crippen LogP contribution in [0, 0.1) is 11.8 Å². The molecule has 0 bridgehead atoms. The van der Waals surface area contributed by atoms with Gasteiger partial charge in [0.15, 0.2) is 0 Å². The summed E-state index contributed by atoms with van der Waals surface area (Å²) in [5.74, 6) is 0.887. The molecule has 0 saturated carbocycles. The summed E-state index contributed by atoms with van der Waals surface area (Å²) >= 11 is 0. The second-order valence-electron chi connectivity index (χ2n) is 7.38. The van der Waals surface area contributed by atoms with Gasteiger partial charge in [-0.05, 0) is 24.0 Å². The number of pyridine rings is 1. The number of benzene rings is 1. The number of amides is 1. The highest BCUT2D eigenvalue weighted by Gasteiger charge is 2.30. The second-order valence-corrected chi connectivity index (χ2v) is 7.38. The van der Waals surface area contributed by atoms with Crippen LogP contribution in [-0.4, -0.2) is 34.9 Å². The van der Waals surface area contributed by atoms with Crippen LogP contribution in [0.1, 0.15) is 39.2 Å². The first-order chi connectivity index (χ1) is 12.1. The largest absolute Gasteiger partial charge is 0.342 e. The SMILES string of the molecule is CC[C@H]1CN(C(=O)C(C)C)CC[C@@H]1NCc1cccc2cccnc12. The predicted octanol–water partition coefficient (Wildman–Crippen LogP) is 3.61. The quantitative estimate of drug-likeness (QED) is 0.905. The fraction of sp³-hybridized carbons (Fsp3) is 0.524. The Hall–Kier alpha value is -1.94. The van der Waals surface area contributed by atoms with Crippen molar-refractivity contribution in [1.82, 2.24) is 15.2 Å². The topological polar surface area (TPSA) is 45.2 Å². The number of piperidine rings is 1. The molecule has 2 heterocycles. The van der Waals surface area contributed by atoms with E-state index in [-0.39, 0.29) is 11.8 Å². The van der Waals surface area contributed by atoms with Crippen molar-refractivity contribution in [3.63, 3.8) is 0 Å². The third kappa shape index (κ3) is 4.01. The van der Waals surface area contributed by atoms with Gasteiger partial charge in [0.2, 0.25) is 5.91 Å². The van der Waals surface area contributed by atoms with Crippen LogP contribution >= 0.6 is 0 Å². The van der Waals surface area contributed by atoms with E-state index < -0.39 is 0 Å². The van der Waals surface area contributed by atoms with Gasteiger partial charge < -0.3 is 10.2 Å². The van der Waals surface area contributed by atoms with E-state index in [1.165, 1.54) is 10.9 Å². The molecular weight excluding hydrogens is 310 g/mol. The van der Waals surface area contributed by atoms with E-state index in [4.69, 9.17) is 0 Å². The van der Waals surface area contributed by atoms with Gasteiger partial charge >= 0.3 is 0 Å². The number of hydrogen-bond acceptors (Lipinski definition) is 3. The maximum Gasteiger partial charge on any atom is 0.225 e. The molecule has 25 heavy (non-hydrogen) atoms. The molecule has 0 aliphatic carbocycles. The highest BCUT2D eigenvalue weighted by atomic mass is 16.2. The van der Waals surface area contributed by atoms with Gasteiger partial charge in [-0.15, -0.1) is 0 Å². The van der Waals surface area contributed by atoms with E-state index in [0.717, 1.165) is 38.0 Å². The van der Waals surface area contributed by atoms with Crippen LogP contribution in [0.2, 0.25) is 0 Å². The lowest BCUT2D eigenvalue weighted by atomic mass is 9.89. The molecule has 1 saturated heterocycles. The number of nitrogens with one attached hydrogen (secondary N) is 1. The summed E-state index contributed by atoms with van der Waals surface area (Å²) in [7, 11) is 0. The number of carbonyl (C=O) groups is 1. The van der Waals surface area contributed by atoms with Crippen molar-refractivity contribution in [3.05, 3.63) is 42.1 Å². The molecule has 4 nitrogen and oxygen atoms in total. The first kappa shape index (κ1) is 17.9. The average Bonchev–Trinajstić information content (AvgIpc) is 2.65. The number of rotatable bonds is 5. The van der Waals surface area contributed by atoms with Crippen molar-refractivity contribution in [1.29, 1.82) is 0 Å². The fourth-order valence-corrected chi connectivity index (χ4v) is 3.83. The zero-order chi connectivity index (χ0) is 17.8. The summed E-state index contributed by atoms with van der Waals surface area (Å²) in [6.45, 7) is 8.76. The molecule has 2 aromatic rings. The van der Waals surface area contributed by atoms with Crippen LogP contribution in [0.25, 0.3) is 10.9 Å². The van der Waals surface area contributed by atoms with Crippen molar-refractivity contribution in [2.45, 2.75) is 46.2 Å². The van der Waals surface area contributed by atoms with E-state index in [1.807, 2.05) is 26.1 Å². The number of hydrogen-bond donors (Lipinski definition) is 1. The monoisotopic (exact) mass is 339 g/mol. The molecule has 1 amide bonds. The Morgan fingerprint density at radius 3 is 2.88 bits per heavy atom. The average molecular weight is 339 g/mol. The molecule has 1 aromatic heterocycles. The summed E-state index contributed by atoms with van der Waals surface area (Å²) in [5, 5.41) is 4.93. The van der Waals surface area contributed by atoms with Gasteiger partial charge in [0.05, 0.1) is 5.52 Å². The molecule has 1 N–H and O–H groups in total. The van der Waals surface area contributed by atoms with Crippen molar-refractivity contribution >= 4 is 16.8 Å². The number of aromatic nitrogens is 1. The molecule has 0 radical (unpaired) electrons. The molecule has 1 aromatic carbocycles. The van der Waals surface area contributed by atoms with Crippen LogP contribution in [0.5, 0.6) is 0 Å². The number of fused-ring (bicyclic) bond motifs is 1. The minimum absolute atomic E-state index is 0.0868. The highest BCUT2D eigenvalue weighted by Crippen LogP contribution is 2.23. The Bertz CT molecular complexity index is 723. The van der Waals surface area contributed by atoms with E-state index in [9.17, 15) is 4.79 Å². The Morgan fingerprint density at radius 2 is 2.12 bits per heavy atom. The minimum Gasteiger partial charge on any atom is -0.342 e.